The minimum Gasteiger partial charge on any atom is -0.453 e. The Kier molecular flexibility index (Phi) is 4.11. The van der Waals surface area contributed by atoms with Crippen LogP contribution in [0.4, 0.5) is 0 Å². The van der Waals surface area contributed by atoms with Crippen LogP contribution < -0.4 is 0 Å². The number of aromatic nitrogens is 6. The first-order chi connectivity index (χ1) is 11.7. The van der Waals surface area contributed by atoms with Crippen LogP contribution in [0.15, 0.2) is 33.1 Å². The van der Waals surface area contributed by atoms with Gasteiger partial charge in [0.15, 0.2) is 16.1 Å². The van der Waals surface area contributed by atoms with Crippen molar-refractivity contribution in [1.82, 2.24) is 34.8 Å². The summed E-state index contributed by atoms with van der Waals surface area (Å²) in [6.07, 6.45) is 3.91. The van der Waals surface area contributed by atoms with Crippen LogP contribution in [0.2, 0.25) is 0 Å². The van der Waals surface area contributed by atoms with Gasteiger partial charge in [-0.25, -0.2) is 4.98 Å². The van der Waals surface area contributed by atoms with Crippen LogP contribution in [0.3, 0.4) is 0 Å². The fourth-order valence-corrected chi connectivity index (χ4v) is 3.71. The summed E-state index contributed by atoms with van der Waals surface area (Å²) in [6.45, 7) is 3.72. The van der Waals surface area contributed by atoms with Gasteiger partial charge < -0.3 is 8.98 Å². The fraction of sp³-hybridized carbons (Fsp3) is 0.467. The second-order valence-corrected chi connectivity index (χ2v) is 6.93. The van der Waals surface area contributed by atoms with E-state index in [1.54, 1.807) is 6.33 Å². The van der Waals surface area contributed by atoms with Gasteiger partial charge in [-0.05, 0) is 50.2 Å². The molecule has 24 heavy (non-hydrogen) atoms. The molecule has 1 fully saturated rings. The summed E-state index contributed by atoms with van der Waals surface area (Å²) in [4.78, 5) is 6.86. The molecular formula is C15H19N7OS. The van der Waals surface area contributed by atoms with Crippen LogP contribution in [0.25, 0.3) is 0 Å². The second kappa shape index (κ2) is 6.40. The van der Waals surface area contributed by atoms with Crippen molar-refractivity contribution in [2.75, 3.05) is 6.54 Å². The lowest BCUT2D eigenvalue weighted by Crippen LogP contribution is -2.23. The monoisotopic (exact) mass is 345 g/mol. The molecule has 4 heterocycles. The molecule has 0 radical (unpaired) electrons. The summed E-state index contributed by atoms with van der Waals surface area (Å²) >= 11 is 1.47. The smallest absolute Gasteiger partial charge is 0.198 e. The average molecular weight is 345 g/mol. The Labute approximate surface area is 143 Å². The number of likely N-dealkylation sites (tertiary alicyclic amines) is 1. The van der Waals surface area contributed by atoms with E-state index in [1.165, 1.54) is 11.8 Å². The number of aromatic amines is 1. The molecule has 1 N–H and O–H groups in total. The van der Waals surface area contributed by atoms with Crippen LogP contribution in [-0.2, 0) is 13.6 Å². The molecule has 0 amide bonds. The van der Waals surface area contributed by atoms with Crippen molar-refractivity contribution >= 4 is 11.8 Å². The van der Waals surface area contributed by atoms with Crippen LogP contribution >= 0.6 is 11.8 Å². The molecule has 1 aliphatic rings. The van der Waals surface area contributed by atoms with E-state index in [4.69, 9.17) is 4.42 Å². The standard InChI is InChI=1S/C15H19N7OS/c1-10-17-14(19-18-10)12-4-3-7-22(12)8-11-5-6-13(23-11)24-15-20-16-9-21(15)2/h5-6,9,12H,3-4,7-8H2,1-2H3,(H,17,18,19)/t12-/m0/s1. The Balaban J connectivity index is 1.44. The van der Waals surface area contributed by atoms with E-state index in [0.717, 1.165) is 53.6 Å². The van der Waals surface area contributed by atoms with Crippen LogP contribution in [0.5, 0.6) is 0 Å². The highest BCUT2D eigenvalue weighted by molar-refractivity contribution is 7.99. The molecular weight excluding hydrogens is 326 g/mol. The first kappa shape index (κ1) is 15.4. The predicted octanol–water partition coefficient (Wildman–Crippen LogP) is 2.32. The molecule has 8 nitrogen and oxygen atoms in total. The average Bonchev–Trinajstić information content (AvgIpc) is 3.31. The molecule has 0 spiro atoms. The highest BCUT2D eigenvalue weighted by Gasteiger charge is 2.29. The van der Waals surface area contributed by atoms with E-state index >= 15 is 0 Å². The highest BCUT2D eigenvalue weighted by Crippen LogP contribution is 2.33. The summed E-state index contributed by atoms with van der Waals surface area (Å²) in [5, 5.41) is 16.8. The van der Waals surface area contributed by atoms with Gasteiger partial charge in [0.05, 0.1) is 12.6 Å². The zero-order valence-electron chi connectivity index (χ0n) is 13.6. The van der Waals surface area contributed by atoms with Gasteiger partial charge >= 0.3 is 0 Å². The number of H-pyrrole nitrogens is 1. The molecule has 126 valence electrons. The van der Waals surface area contributed by atoms with E-state index in [2.05, 4.69) is 30.3 Å². The Hall–Kier alpha value is -2.13. The maximum atomic E-state index is 5.95. The molecule has 0 aliphatic carbocycles. The van der Waals surface area contributed by atoms with Gasteiger partial charge in [-0.3, -0.25) is 10.00 Å². The quantitative estimate of drug-likeness (QED) is 0.759. The first-order valence-electron chi connectivity index (χ1n) is 7.92. The van der Waals surface area contributed by atoms with Crippen molar-refractivity contribution in [3.63, 3.8) is 0 Å². The Morgan fingerprint density at radius 1 is 1.42 bits per heavy atom. The van der Waals surface area contributed by atoms with E-state index in [9.17, 15) is 0 Å². The predicted molar refractivity (Wildman–Crippen MR) is 87.3 cm³/mol. The molecule has 1 saturated heterocycles. The Bertz CT molecular complexity index is 823. The van der Waals surface area contributed by atoms with Crippen LogP contribution in [0, 0.1) is 6.92 Å². The van der Waals surface area contributed by atoms with E-state index in [1.807, 2.05) is 30.7 Å². The summed E-state index contributed by atoms with van der Waals surface area (Å²) in [7, 11) is 1.92. The van der Waals surface area contributed by atoms with Crippen molar-refractivity contribution in [3.05, 3.63) is 35.9 Å². The lowest BCUT2D eigenvalue weighted by Gasteiger charge is -2.20. The van der Waals surface area contributed by atoms with Gasteiger partial charge in [-0.1, -0.05) is 0 Å². The third kappa shape index (κ3) is 3.09. The number of furan rings is 1. The SMILES string of the molecule is Cc1nc([C@@H]2CCCN2Cc2ccc(Sc3nncn3C)o2)n[nH]1. The topological polar surface area (TPSA) is 88.7 Å². The summed E-state index contributed by atoms with van der Waals surface area (Å²) in [6, 6.07) is 4.27. The fourth-order valence-electron chi connectivity index (χ4n) is 2.97. The number of nitrogens with one attached hydrogen (secondary N) is 1. The zero-order chi connectivity index (χ0) is 16.5. The normalized spacial score (nSPS) is 18.5. The molecule has 0 bridgehead atoms. The van der Waals surface area contributed by atoms with Gasteiger partial charge in [0.1, 0.15) is 17.9 Å². The number of hydrogen-bond donors (Lipinski definition) is 1. The van der Waals surface area contributed by atoms with Crippen LogP contribution in [0.1, 0.15) is 36.3 Å². The van der Waals surface area contributed by atoms with Gasteiger partial charge in [-0.2, -0.15) is 5.10 Å². The molecule has 3 aromatic heterocycles. The van der Waals surface area contributed by atoms with E-state index in [0.29, 0.717) is 0 Å². The van der Waals surface area contributed by atoms with Crippen molar-refractivity contribution < 1.29 is 4.42 Å². The lowest BCUT2D eigenvalue weighted by molar-refractivity contribution is 0.215. The number of rotatable bonds is 5. The first-order valence-corrected chi connectivity index (χ1v) is 8.74. The number of aryl methyl sites for hydroxylation is 2. The summed E-state index contributed by atoms with van der Waals surface area (Å²) < 4.78 is 7.82. The maximum absolute atomic E-state index is 5.95. The minimum atomic E-state index is 0.259. The van der Waals surface area contributed by atoms with Crippen molar-refractivity contribution in [2.24, 2.45) is 7.05 Å². The van der Waals surface area contributed by atoms with Gasteiger partial charge in [0.25, 0.3) is 0 Å². The zero-order valence-corrected chi connectivity index (χ0v) is 14.5. The van der Waals surface area contributed by atoms with E-state index in [-0.39, 0.29) is 6.04 Å². The number of hydrogen-bond acceptors (Lipinski definition) is 7. The summed E-state index contributed by atoms with van der Waals surface area (Å²) in [5.41, 5.74) is 0. The Morgan fingerprint density at radius 3 is 3.08 bits per heavy atom. The van der Waals surface area contributed by atoms with Crippen molar-refractivity contribution in [1.29, 1.82) is 0 Å². The third-order valence-electron chi connectivity index (χ3n) is 4.13. The van der Waals surface area contributed by atoms with Gasteiger partial charge in [0, 0.05) is 7.05 Å². The molecule has 1 atom stereocenters. The summed E-state index contributed by atoms with van der Waals surface area (Å²) in [5.74, 6) is 2.68. The van der Waals surface area contributed by atoms with Gasteiger partial charge in [0.2, 0.25) is 0 Å². The van der Waals surface area contributed by atoms with Crippen molar-refractivity contribution in [3.8, 4) is 0 Å². The molecule has 3 aromatic rings. The molecule has 1 aliphatic heterocycles. The van der Waals surface area contributed by atoms with E-state index < -0.39 is 0 Å². The van der Waals surface area contributed by atoms with Gasteiger partial charge in [-0.15, -0.1) is 10.2 Å². The molecule has 9 heteroatoms. The minimum absolute atomic E-state index is 0.259. The maximum Gasteiger partial charge on any atom is 0.198 e. The van der Waals surface area contributed by atoms with Crippen molar-refractivity contribution in [2.45, 2.75) is 42.6 Å². The molecule has 0 aromatic carbocycles. The van der Waals surface area contributed by atoms with Crippen LogP contribution in [-0.4, -0.2) is 41.4 Å². The Morgan fingerprint density at radius 2 is 2.33 bits per heavy atom. The number of nitrogens with zero attached hydrogens (tertiary/aromatic N) is 6. The lowest BCUT2D eigenvalue weighted by atomic mass is 10.2. The third-order valence-corrected chi connectivity index (χ3v) is 5.11. The molecule has 4 rings (SSSR count). The molecule has 0 saturated carbocycles. The highest BCUT2D eigenvalue weighted by atomic mass is 32.2. The largest absolute Gasteiger partial charge is 0.453 e. The molecule has 0 unspecified atom stereocenters. The second-order valence-electron chi connectivity index (χ2n) is 5.95.